The van der Waals surface area contributed by atoms with Crippen LogP contribution in [0.5, 0.6) is 5.88 Å². The van der Waals surface area contributed by atoms with E-state index in [0.29, 0.717) is 33.6 Å². The van der Waals surface area contributed by atoms with Gasteiger partial charge in [0, 0.05) is 23.8 Å². The fourth-order valence-corrected chi connectivity index (χ4v) is 4.13. The van der Waals surface area contributed by atoms with Crippen LogP contribution in [-0.2, 0) is 4.79 Å². The third kappa shape index (κ3) is 4.39. The second kappa shape index (κ2) is 8.63. The first-order chi connectivity index (χ1) is 14.8. The van der Waals surface area contributed by atoms with Gasteiger partial charge in [-0.2, -0.15) is 4.98 Å². The highest BCUT2D eigenvalue weighted by molar-refractivity contribution is 7.99. The number of amides is 1. The van der Waals surface area contributed by atoms with Gasteiger partial charge in [-0.25, -0.2) is 4.39 Å². The summed E-state index contributed by atoms with van der Waals surface area (Å²) in [4.78, 5) is 18.9. The number of anilines is 1. The Morgan fingerprint density at radius 2 is 2.03 bits per heavy atom. The van der Waals surface area contributed by atoms with E-state index in [9.17, 15) is 9.18 Å². The number of ether oxygens (including phenoxy) is 1. The summed E-state index contributed by atoms with van der Waals surface area (Å²) in [7, 11) is 0. The molecule has 1 aliphatic rings. The Bertz CT molecular complexity index is 1140. The fraction of sp³-hybridized carbons (Fsp3) is 0.304. The van der Waals surface area contributed by atoms with Crippen LogP contribution < -0.4 is 9.64 Å². The van der Waals surface area contributed by atoms with Crippen molar-refractivity contribution >= 4 is 23.4 Å². The minimum Gasteiger partial charge on any atom is -0.447 e. The average molecular weight is 439 g/mol. The Morgan fingerprint density at radius 3 is 2.74 bits per heavy atom. The molecule has 2 aromatic carbocycles. The lowest BCUT2D eigenvalue weighted by Gasteiger charge is -2.30. The predicted octanol–water partition coefficient (Wildman–Crippen LogP) is 5.18. The highest BCUT2D eigenvalue weighted by Gasteiger charge is 2.34. The highest BCUT2D eigenvalue weighted by atomic mass is 32.2. The van der Waals surface area contributed by atoms with Crippen molar-refractivity contribution in [2.45, 2.75) is 39.1 Å². The molecule has 1 aliphatic heterocycles. The number of halogens is 1. The molecule has 4 rings (SSSR count). The molecule has 8 heteroatoms. The normalized spacial score (nSPS) is 15.2. The maximum Gasteiger partial charge on any atom is 0.247 e. The van der Waals surface area contributed by atoms with Gasteiger partial charge in [0.1, 0.15) is 5.82 Å². The molecular weight excluding hydrogens is 415 g/mol. The first-order valence-electron chi connectivity index (χ1n) is 10.0. The number of aryl methyl sites for hydroxylation is 1. The Labute approximate surface area is 184 Å². The molecule has 0 spiro atoms. The van der Waals surface area contributed by atoms with E-state index in [1.807, 2.05) is 25.1 Å². The Balaban J connectivity index is 1.91. The smallest absolute Gasteiger partial charge is 0.247 e. The molecule has 2 heterocycles. The van der Waals surface area contributed by atoms with E-state index in [-0.39, 0.29) is 11.8 Å². The predicted molar refractivity (Wildman–Crippen MR) is 118 cm³/mol. The van der Waals surface area contributed by atoms with Gasteiger partial charge in [-0.15, -0.1) is 10.2 Å². The van der Waals surface area contributed by atoms with Gasteiger partial charge >= 0.3 is 0 Å². The Hall–Kier alpha value is -3.00. The SMILES string of the molecule is CC(=O)N1c2ccc(C)cc2-c2nnc(SCC(C)C)nc2O[C@H]1c1cccc(F)c1. The zero-order valence-electron chi connectivity index (χ0n) is 17.8. The number of hydrogen-bond donors (Lipinski definition) is 0. The van der Waals surface area contributed by atoms with Crippen molar-refractivity contribution in [3.05, 3.63) is 59.4 Å². The summed E-state index contributed by atoms with van der Waals surface area (Å²) in [6, 6.07) is 11.7. The summed E-state index contributed by atoms with van der Waals surface area (Å²) in [6.45, 7) is 7.65. The lowest BCUT2D eigenvalue weighted by atomic mass is 10.0. The van der Waals surface area contributed by atoms with Crippen molar-refractivity contribution in [1.82, 2.24) is 15.2 Å². The van der Waals surface area contributed by atoms with E-state index in [1.165, 1.54) is 35.7 Å². The lowest BCUT2D eigenvalue weighted by Crippen LogP contribution is -2.36. The zero-order valence-corrected chi connectivity index (χ0v) is 18.6. The van der Waals surface area contributed by atoms with E-state index in [0.717, 1.165) is 11.3 Å². The zero-order chi connectivity index (χ0) is 22.1. The van der Waals surface area contributed by atoms with Crippen LogP contribution in [0.25, 0.3) is 11.3 Å². The van der Waals surface area contributed by atoms with E-state index < -0.39 is 12.0 Å². The molecule has 1 amide bonds. The van der Waals surface area contributed by atoms with Crippen LogP contribution in [0.1, 0.15) is 38.1 Å². The Morgan fingerprint density at radius 1 is 1.23 bits per heavy atom. The van der Waals surface area contributed by atoms with Gasteiger partial charge in [-0.05, 0) is 37.1 Å². The number of carbonyl (C=O) groups excluding carboxylic acids is 1. The number of aromatic nitrogens is 3. The van der Waals surface area contributed by atoms with Crippen LogP contribution >= 0.6 is 11.8 Å². The molecule has 0 unspecified atom stereocenters. The molecule has 1 aromatic heterocycles. The largest absolute Gasteiger partial charge is 0.447 e. The van der Waals surface area contributed by atoms with Crippen molar-refractivity contribution in [2.75, 3.05) is 10.7 Å². The average Bonchev–Trinajstić information content (AvgIpc) is 2.86. The molecule has 31 heavy (non-hydrogen) atoms. The molecule has 0 aliphatic carbocycles. The van der Waals surface area contributed by atoms with Gasteiger partial charge in [0.05, 0.1) is 5.69 Å². The maximum atomic E-state index is 14.0. The first kappa shape index (κ1) is 21.2. The molecular formula is C23H23FN4O2S. The van der Waals surface area contributed by atoms with Crippen molar-refractivity contribution < 1.29 is 13.9 Å². The second-order valence-corrected chi connectivity index (χ2v) is 8.87. The van der Waals surface area contributed by atoms with Crippen LogP contribution in [0, 0.1) is 18.7 Å². The second-order valence-electron chi connectivity index (χ2n) is 7.89. The maximum absolute atomic E-state index is 14.0. The summed E-state index contributed by atoms with van der Waals surface area (Å²) >= 11 is 1.49. The lowest BCUT2D eigenvalue weighted by molar-refractivity contribution is -0.118. The fourth-order valence-electron chi connectivity index (χ4n) is 3.40. The first-order valence-corrected chi connectivity index (χ1v) is 11.0. The van der Waals surface area contributed by atoms with Crippen molar-refractivity contribution in [1.29, 1.82) is 0 Å². The van der Waals surface area contributed by atoms with E-state index >= 15 is 0 Å². The van der Waals surface area contributed by atoms with Crippen LogP contribution in [0.4, 0.5) is 10.1 Å². The number of rotatable bonds is 4. The number of nitrogens with zero attached hydrogens (tertiary/aromatic N) is 4. The summed E-state index contributed by atoms with van der Waals surface area (Å²) in [5, 5.41) is 9.18. The van der Waals surface area contributed by atoms with E-state index in [2.05, 4.69) is 29.0 Å². The van der Waals surface area contributed by atoms with E-state index in [4.69, 9.17) is 4.74 Å². The monoisotopic (exact) mass is 438 g/mol. The van der Waals surface area contributed by atoms with Gasteiger partial charge in [-0.3, -0.25) is 9.69 Å². The number of fused-ring (bicyclic) bond motifs is 3. The van der Waals surface area contributed by atoms with Crippen LogP contribution in [0.2, 0.25) is 0 Å². The standard InChI is InChI=1S/C23H23FN4O2S/c1-13(2)12-31-23-25-21-20(26-27-23)18-10-14(3)8-9-19(18)28(15(4)29)22(30-21)16-6-5-7-17(24)11-16/h5-11,13,22H,12H2,1-4H3/t22-/m0/s1. The van der Waals surface area contributed by atoms with Gasteiger partial charge in [0.2, 0.25) is 23.2 Å². The highest BCUT2D eigenvalue weighted by Crippen LogP contribution is 2.43. The quantitative estimate of drug-likeness (QED) is 0.523. The number of carbonyl (C=O) groups is 1. The molecule has 6 nitrogen and oxygen atoms in total. The van der Waals surface area contributed by atoms with Crippen molar-refractivity contribution in [2.24, 2.45) is 5.92 Å². The summed E-state index contributed by atoms with van der Waals surface area (Å²) in [5.74, 6) is 0.918. The third-order valence-corrected chi connectivity index (χ3v) is 6.04. The van der Waals surface area contributed by atoms with Gasteiger partial charge in [0.15, 0.2) is 5.69 Å². The third-order valence-electron chi connectivity index (χ3n) is 4.78. The molecule has 160 valence electrons. The molecule has 0 bridgehead atoms. The van der Waals surface area contributed by atoms with Crippen LogP contribution in [0.3, 0.4) is 0 Å². The van der Waals surface area contributed by atoms with Gasteiger partial charge in [0.25, 0.3) is 0 Å². The summed E-state index contributed by atoms with van der Waals surface area (Å²) in [5.41, 5.74) is 3.27. The number of hydrogen-bond acceptors (Lipinski definition) is 6. The van der Waals surface area contributed by atoms with Crippen LogP contribution in [-0.4, -0.2) is 26.8 Å². The van der Waals surface area contributed by atoms with Crippen molar-refractivity contribution in [3.63, 3.8) is 0 Å². The molecule has 3 aromatic rings. The minimum absolute atomic E-state index is 0.241. The minimum atomic E-state index is -0.893. The molecule has 0 saturated carbocycles. The summed E-state index contributed by atoms with van der Waals surface area (Å²) in [6.07, 6.45) is -0.893. The molecule has 1 atom stereocenters. The number of benzene rings is 2. The topological polar surface area (TPSA) is 68.2 Å². The number of thioether (sulfide) groups is 1. The van der Waals surface area contributed by atoms with Crippen LogP contribution in [0.15, 0.2) is 47.6 Å². The molecule has 0 saturated heterocycles. The van der Waals surface area contributed by atoms with Gasteiger partial charge in [-0.1, -0.05) is 49.4 Å². The van der Waals surface area contributed by atoms with E-state index in [1.54, 1.807) is 12.1 Å². The Kier molecular flexibility index (Phi) is 5.91. The van der Waals surface area contributed by atoms with Gasteiger partial charge < -0.3 is 4.74 Å². The molecule has 0 N–H and O–H groups in total. The van der Waals surface area contributed by atoms with Crippen molar-refractivity contribution in [3.8, 4) is 17.1 Å². The molecule has 0 radical (unpaired) electrons. The molecule has 0 fully saturated rings. The summed E-state index contributed by atoms with van der Waals surface area (Å²) < 4.78 is 20.3.